The lowest BCUT2D eigenvalue weighted by molar-refractivity contribution is -0.0676. The van der Waals surface area contributed by atoms with Gasteiger partial charge in [-0.1, -0.05) is 18.2 Å². The van der Waals surface area contributed by atoms with E-state index in [4.69, 9.17) is 9.47 Å². The standard InChI is InChI=1S/C16H23NO3/c1-19-15-7-3-2-5-12(15)14(18)11-17-9-10-20-16-8-4-6-13(16)17/h2-3,5,7,13-14,16,18H,4,6,8-11H2,1H3. The minimum atomic E-state index is -0.509. The van der Waals surface area contributed by atoms with E-state index >= 15 is 0 Å². The number of aliphatic hydroxyl groups is 1. The van der Waals surface area contributed by atoms with Gasteiger partial charge in [-0.2, -0.15) is 0 Å². The molecule has 1 aliphatic heterocycles. The Morgan fingerprint density at radius 1 is 1.40 bits per heavy atom. The topological polar surface area (TPSA) is 41.9 Å². The molecule has 0 radical (unpaired) electrons. The fourth-order valence-corrected chi connectivity index (χ4v) is 3.49. The van der Waals surface area contributed by atoms with Crippen molar-refractivity contribution in [2.24, 2.45) is 0 Å². The van der Waals surface area contributed by atoms with Gasteiger partial charge in [-0.05, 0) is 25.3 Å². The van der Waals surface area contributed by atoms with Crippen molar-refractivity contribution in [1.82, 2.24) is 4.90 Å². The number of rotatable bonds is 4. The summed E-state index contributed by atoms with van der Waals surface area (Å²) >= 11 is 0. The number of morpholine rings is 1. The Morgan fingerprint density at radius 3 is 3.10 bits per heavy atom. The first-order chi connectivity index (χ1) is 9.79. The number of β-amino-alcohol motifs (C(OH)–C–C–N with tert-alkyl or cyclic N) is 1. The van der Waals surface area contributed by atoms with Crippen molar-refractivity contribution in [1.29, 1.82) is 0 Å². The van der Waals surface area contributed by atoms with Gasteiger partial charge in [0.1, 0.15) is 5.75 Å². The highest BCUT2D eigenvalue weighted by Crippen LogP contribution is 2.32. The molecule has 0 aromatic heterocycles. The Balaban J connectivity index is 1.70. The first kappa shape index (κ1) is 13.9. The normalized spacial score (nSPS) is 28.1. The molecular formula is C16H23NO3. The first-order valence-electron chi connectivity index (χ1n) is 7.46. The largest absolute Gasteiger partial charge is 0.496 e. The molecule has 4 nitrogen and oxygen atoms in total. The molecule has 1 aliphatic carbocycles. The second-order valence-electron chi connectivity index (χ2n) is 5.66. The molecule has 4 heteroatoms. The van der Waals surface area contributed by atoms with Crippen LogP contribution in [0.1, 0.15) is 30.9 Å². The Morgan fingerprint density at radius 2 is 2.25 bits per heavy atom. The van der Waals surface area contributed by atoms with Crippen LogP contribution >= 0.6 is 0 Å². The second kappa shape index (κ2) is 6.12. The third-order valence-electron chi connectivity index (χ3n) is 4.50. The van der Waals surface area contributed by atoms with Crippen LogP contribution in [0.3, 0.4) is 0 Å². The maximum atomic E-state index is 10.5. The van der Waals surface area contributed by atoms with Crippen LogP contribution in [0.5, 0.6) is 5.75 Å². The summed E-state index contributed by atoms with van der Waals surface area (Å²) in [5.41, 5.74) is 0.871. The Hall–Kier alpha value is -1.10. The van der Waals surface area contributed by atoms with E-state index in [1.165, 1.54) is 12.8 Å². The molecule has 2 aliphatic rings. The second-order valence-corrected chi connectivity index (χ2v) is 5.66. The highest BCUT2D eigenvalue weighted by molar-refractivity contribution is 5.35. The highest BCUT2D eigenvalue weighted by Gasteiger charge is 2.36. The number of hydrogen-bond donors (Lipinski definition) is 1. The van der Waals surface area contributed by atoms with E-state index < -0.39 is 6.10 Å². The molecule has 0 bridgehead atoms. The third-order valence-corrected chi connectivity index (χ3v) is 4.50. The van der Waals surface area contributed by atoms with Crippen LogP contribution in [0.2, 0.25) is 0 Å². The van der Waals surface area contributed by atoms with Crippen molar-refractivity contribution in [2.75, 3.05) is 26.8 Å². The Labute approximate surface area is 120 Å². The van der Waals surface area contributed by atoms with Gasteiger partial charge < -0.3 is 14.6 Å². The summed E-state index contributed by atoms with van der Waals surface area (Å²) in [6.07, 6.45) is 3.44. The molecule has 1 heterocycles. The van der Waals surface area contributed by atoms with E-state index in [-0.39, 0.29) is 0 Å². The summed E-state index contributed by atoms with van der Waals surface area (Å²) in [7, 11) is 1.65. The summed E-state index contributed by atoms with van der Waals surface area (Å²) in [6, 6.07) is 8.19. The van der Waals surface area contributed by atoms with Crippen LogP contribution in [-0.2, 0) is 4.74 Å². The summed E-state index contributed by atoms with van der Waals surface area (Å²) < 4.78 is 11.2. The van der Waals surface area contributed by atoms with E-state index in [9.17, 15) is 5.11 Å². The molecular weight excluding hydrogens is 254 g/mol. The summed E-state index contributed by atoms with van der Waals surface area (Å²) in [5.74, 6) is 0.760. The van der Waals surface area contributed by atoms with Crippen LogP contribution in [0.4, 0.5) is 0 Å². The molecule has 1 N–H and O–H groups in total. The predicted octanol–water partition coefficient (Wildman–Crippen LogP) is 1.98. The van der Waals surface area contributed by atoms with E-state index in [2.05, 4.69) is 4.90 Å². The Kier molecular flexibility index (Phi) is 4.24. The minimum Gasteiger partial charge on any atom is -0.496 e. The molecule has 0 spiro atoms. The lowest BCUT2D eigenvalue weighted by Gasteiger charge is -2.38. The molecule has 1 saturated heterocycles. The number of fused-ring (bicyclic) bond motifs is 1. The van der Waals surface area contributed by atoms with Gasteiger partial charge in [-0.25, -0.2) is 0 Å². The quantitative estimate of drug-likeness (QED) is 0.914. The predicted molar refractivity (Wildman–Crippen MR) is 76.9 cm³/mol. The number of aliphatic hydroxyl groups excluding tert-OH is 1. The maximum Gasteiger partial charge on any atom is 0.124 e. The number of methoxy groups -OCH3 is 1. The maximum absolute atomic E-state index is 10.5. The molecule has 1 aromatic rings. The zero-order chi connectivity index (χ0) is 13.9. The summed E-state index contributed by atoms with van der Waals surface area (Å²) in [6.45, 7) is 2.35. The lowest BCUT2D eigenvalue weighted by atomic mass is 10.1. The van der Waals surface area contributed by atoms with Gasteiger partial charge in [0.15, 0.2) is 0 Å². The Bertz CT molecular complexity index is 451. The smallest absolute Gasteiger partial charge is 0.124 e. The molecule has 0 amide bonds. The van der Waals surface area contributed by atoms with Crippen LogP contribution in [0, 0.1) is 0 Å². The zero-order valence-electron chi connectivity index (χ0n) is 12.0. The molecule has 1 aromatic carbocycles. The molecule has 3 atom stereocenters. The fraction of sp³-hybridized carbons (Fsp3) is 0.625. The van der Waals surface area contributed by atoms with Crippen molar-refractivity contribution in [3.8, 4) is 5.75 Å². The van der Waals surface area contributed by atoms with Crippen LogP contribution in [0.15, 0.2) is 24.3 Å². The minimum absolute atomic E-state index is 0.369. The van der Waals surface area contributed by atoms with Crippen molar-refractivity contribution < 1.29 is 14.6 Å². The average molecular weight is 277 g/mol. The summed E-state index contributed by atoms with van der Waals surface area (Å²) in [5, 5.41) is 10.5. The van der Waals surface area contributed by atoms with E-state index in [0.717, 1.165) is 30.9 Å². The molecule has 3 unspecified atom stereocenters. The third kappa shape index (κ3) is 2.68. The summed E-state index contributed by atoms with van der Waals surface area (Å²) in [4.78, 5) is 2.39. The molecule has 20 heavy (non-hydrogen) atoms. The van der Waals surface area contributed by atoms with Crippen LogP contribution < -0.4 is 4.74 Å². The van der Waals surface area contributed by atoms with Gasteiger partial charge in [0, 0.05) is 24.7 Å². The van der Waals surface area contributed by atoms with Gasteiger partial charge >= 0.3 is 0 Å². The molecule has 2 fully saturated rings. The number of nitrogens with zero attached hydrogens (tertiary/aromatic N) is 1. The number of ether oxygens (including phenoxy) is 2. The highest BCUT2D eigenvalue weighted by atomic mass is 16.5. The van der Waals surface area contributed by atoms with Gasteiger partial charge in [-0.3, -0.25) is 4.90 Å². The SMILES string of the molecule is COc1ccccc1C(O)CN1CCOC2CCCC21. The van der Waals surface area contributed by atoms with Gasteiger partial charge in [0.05, 0.1) is 25.9 Å². The van der Waals surface area contributed by atoms with Crippen molar-refractivity contribution in [3.05, 3.63) is 29.8 Å². The molecule has 3 rings (SSSR count). The van der Waals surface area contributed by atoms with Gasteiger partial charge in [0.2, 0.25) is 0 Å². The fourth-order valence-electron chi connectivity index (χ4n) is 3.49. The molecule has 1 saturated carbocycles. The van der Waals surface area contributed by atoms with Crippen molar-refractivity contribution in [2.45, 2.75) is 37.5 Å². The van der Waals surface area contributed by atoms with Crippen LogP contribution in [-0.4, -0.2) is 49.0 Å². The zero-order valence-corrected chi connectivity index (χ0v) is 12.0. The monoisotopic (exact) mass is 277 g/mol. The first-order valence-corrected chi connectivity index (χ1v) is 7.46. The van der Waals surface area contributed by atoms with Crippen LogP contribution in [0.25, 0.3) is 0 Å². The number of benzene rings is 1. The molecule has 110 valence electrons. The number of para-hydroxylation sites is 1. The van der Waals surface area contributed by atoms with Gasteiger partial charge in [0.25, 0.3) is 0 Å². The van der Waals surface area contributed by atoms with Gasteiger partial charge in [-0.15, -0.1) is 0 Å². The van der Waals surface area contributed by atoms with Crippen molar-refractivity contribution in [3.63, 3.8) is 0 Å². The van der Waals surface area contributed by atoms with E-state index in [1.54, 1.807) is 7.11 Å². The van der Waals surface area contributed by atoms with E-state index in [1.807, 2.05) is 24.3 Å². The average Bonchev–Trinajstić information content (AvgIpc) is 2.96. The lowest BCUT2D eigenvalue weighted by Crippen LogP contribution is -2.49. The van der Waals surface area contributed by atoms with Crippen molar-refractivity contribution >= 4 is 0 Å². The van der Waals surface area contributed by atoms with E-state index in [0.29, 0.717) is 18.7 Å². The number of hydrogen-bond acceptors (Lipinski definition) is 4.